The smallest absolute Gasteiger partial charge is 0.339 e. The zero-order valence-corrected chi connectivity index (χ0v) is 19.2. The van der Waals surface area contributed by atoms with Gasteiger partial charge < -0.3 is 9.80 Å². The third-order valence-corrected chi connectivity index (χ3v) is 5.90. The van der Waals surface area contributed by atoms with Crippen molar-refractivity contribution in [3.8, 4) is 5.69 Å². The van der Waals surface area contributed by atoms with E-state index in [1.165, 1.54) is 24.0 Å². The molecule has 1 fully saturated rings. The molecule has 9 nitrogen and oxygen atoms in total. The van der Waals surface area contributed by atoms with Crippen LogP contribution in [0.4, 0.5) is 13.2 Å². The number of para-hydroxylation sites is 1. The molecule has 0 unspecified atom stereocenters. The minimum Gasteiger partial charge on any atom is -0.339 e. The number of hydrogen-bond donors (Lipinski definition) is 0. The standard InChI is InChI=1S/C24H22F3N5O4/c1-16(33)29-11-13-30(14-12-29)21(34)20-22(35)31(15-17-7-9-18(10-8-17)24(25,26)27)23(36)32(28-20)19-5-3-2-4-6-19/h2-10H,11-15H2,1H3. The van der Waals surface area contributed by atoms with Gasteiger partial charge in [-0.15, -0.1) is 0 Å². The maximum Gasteiger partial charge on any atom is 0.416 e. The number of aromatic nitrogens is 3. The molecule has 0 atom stereocenters. The summed E-state index contributed by atoms with van der Waals surface area (Å²) in [4.78, 5) is 54.3. The molecular weight excluding hydrogens is 479 g/mol. The van der Waals surface area contributed by atoms with Crippen molar-refractivity contribution in [3.63, 3.8) is 0 Å². The Morgan fingerprint density at radius 2 is 1.47 bits per heavy atom. The van der Waals surface area contributed by atoms with E-state index in [0.29, 0.717) is 18.8 Å². The van der Waals surface area contributed by atoms with Crippen LogP contribution in [0.2, 0.25) is 0 Å². The Hall–Kier alpha value is -4.22. The zero-order chi connectivity index (χ0) is 26.0. The van der Waals surface area contributed by atoms with Crippen LogP contribution in [0.1, 0.15) is 28.5 Å². The molecule has 2 aromatic carbocycles. The Morgan fingerprint density at radius 3 is 2.03 bits per heavy atom. The maximum atomic E-state index is 13.3. The zero-order valence-electron chi connectivity index (χ0n) is 19.2. The van der Waals surface area contributed by atoms with Crippen molar-refractivity contribution >= 4 is 11.8 Å². The number of amides is 2. The third-order valence-electron chi connectivity index (χ3n) is 5.90. The minimum absolute atomic E-state index is 0.128. The number of benzene rings is 2. The van der Waals surface area contributed by atoms with E-state index in [0.717, 1.165) is 21.4 Å². The summed E-state index contributed by atoms with van der Waals surface area (Å²) >= 11 is 0. The van der Waals surface area contributed by atoms with Gasteiger partial charge in [-0.2, -0.15) is 23.0 Å². The highest BCUT2D eigenvalue weighted by molar-refractivity contribution is 5.92. The third kappa shape index (κ3) is 5.07. The van der Waals surface area contributed by atoms with Gasteiger partial charge >= 0.3 is 11.9 Å². The van der Waals surface area contributed by atoms with Gasteiger partial charge in [0, 0.05) is 33.1 Å². The number of rotatable bonds is 4. The first-order valence-corrected chi connectivity index (χ1v) is 11.1. The van der Waals surface area contributed by atoms with Crippen LogP contribution in [-0.2, 0) is 17.5 Å². The van der Waals surface area contributed by atoms with Crippen molar-refractivity contribution in [3.05, 3.63) is 92.3 Å². The van der Waals surface area contributed by atoms with Crippen molar-refractivity contribution in [2.24, 2.45) is 0 Å². The second kappa shape index (κ2) is 9.80. The number of nitrogens with zero attached hydrogens (tertiary/aromatic N) is 5. The van der Waals surface area contributed by atoms with Crippen LogP contribution in [0.25, 0.3) is 5.69 Å². The fourth-order valence-electron chi connectivity index (χ4n) is 3.88. The molecule has 2 amide bonds. The first-order chi connectivity index (χ1) is 17.1. The van der Waals surface area contributed by atoms with Gasteiger partial charge in [0.1, 0.15) is 0 Å². The molecule has 188 valence electrons. The summed E-state index contributed by atoms with van der Waals surface area (Å²) < 4.78 is 40.5. The van der Waals surface area contributed by atoms with Gasteiger partial charge in [0.25, 0.3) is 11.5 Å². The van der Waals surface area contributed by atoms with Crippen LogP contribution in [0.5, 0.6) is 0 Å². The van der Waals surface area contributed by atoms with Crippen LogP contribution < -0.4 is 11.2 Å². The molecule has 1 aliphatic heterocycles. The van der Waals surface area contributed by atoms with Crippen LogP contribution in [-0.4, -0.2) is 62.1 Å². The molecule has 36 heavy (non-hydrogen) atoms. The lowest BCUT2D eigenvalue weighted by molar-refractivity contribution is -0.137. The molecular formula is C24H22F3N5O4. The quantitative estimate of drug-likeness (QED) is 0.543. The first kappa shape index (κ1) is 24.9. The second-order valence-electron chi connectivity index (χ2n) is 8.26. The Balaban J connectivity index is 1.75. The SMILES string of the molecule is CC(=O)N1CCN(C(=O)c2nn(-c3ccccc3)c(=O)n(Cc3ccc(C(F)(F)F)cc3)c2=O)CC1. The van der Waals surface area contributed by atoms with Gasteiger partial charge in [-0.05, 0) is 29.8 Å². The molecule has 0 saturated carbocycles. The molecule has 1 aromatic heterocycles. The van der Waals surface area contributed by atoms with Crippen molar-refractivity contribution in [2.75, 3.05) is 26.2 Å². The molecule has 1 aliphatic rings. The highest BCUT2D eigenvalue weighted by Crippen LogP contribution is 2.29. The van der Waals surface area contributed by atoms with E-state index in [4.69, 9.17) is 0 Å². The molecule has 3 aromatic rings. The highest BCUT2D eigenvalue weighted by atomic mass is 19.4. The molecule has 12 heteroatoms. The van der Waals surface area contributed by atoms with Crippen molar-refractivity contribution < 1.29 is 22.8 Å². The molecule has 0 radical (unpaired) electrons. The van der Waals surface area contributed by atoms with E-state index >= 15 is 0 Å². The van der Waals surface area contributed by atoms with Crippen molar-refractivity contribution in [1.29, 1.82) is 0 Å². The highest BCUT2D eigenvalue weighted by Gasteiger charge is 2.31. The number of halogens is 3. The van der Waals surface area contributed by atoms with E-state index in [2.05, 4.69) is 5.10 Å². The number of alkyl halides is 3. The van der Waals surface area contributed by atoms with Crippen LogP contribution in [0.15, 0.2) is 64.2 Å². The Kier molecular flexibility index (Phi) is 6.77. The first-order valence-electron chi connectivity index (χ1n) is 11.1. The molecule has 2 heterocycles. The molecule has 0 bridgehead atoms. The lowest BCUT2D eigenvalue weighted by Crippen LogP contribution is -2.52. The molecule has 0 spiro atoms. The topological polar surface area (TPSA) is 97.5 Å². The Labute approximate surface area is 203 Å². The van der Waals surface area contributed by atoms with E-state index in [9.17, 15) is 32.3 Å². The van der Waals surface area contributed by atoms with Gasteiger partial charge in [0.05, 0.1) is 17.8 Å². The lowest BCUT2D eigenvalue weighted by Gasteiger charge is -2.33. The number of carbonyl (C=O) groups is 2. The lowest BCUT2D eigenvalue weighted by atomic mass is 10.1. The summed E-state index contributed by atoms with van der Waals surface area (Å²) in [6, 6.07) is 12.2. The van der Waals surface area contributed by atoms with Crippen LogP contribution >= 0.6 is 0 Å². The van der Waals surface area contributed by atoms with Crippen LogP contribution in [0.3, 0.4) is 0 Å². The average Bonchev–Trinajstić information content (AvgIpc) is 2.86. The second-order valence-corrected chi connectivity index (χ2v) is 8.26. The minimum atomic E-state index is -4.53. The molecule has 0 aliphatic carbocycles. The van der Waals surface area contributed by atoms with Gasteiger partial charge in [-0.25, -0.2) is 4.79 Å². The van der Waals surface area contributed by atoms with Crippen molar-refractivity contribution in [2.45, 2.75) is 19.6 Å². The van der Waals surface area contributed by atoms with Gasteiger partial charge in [0.15, 0.2) is 0 Å². The summed E-state index contributed by atoms with van der Waals surface area (Å²) in [6.45, 7) is 2.02. The summed E-state index contributed by atoms with van der Waals surface area (Å²) in [5, 5.41) is 4.07. The Bertz CT molecular complexity index is 1390. The fraction of sp³-hybridized carbons (Fsp3) is 0.292. The van der Waals surface area contributed by atoms with E-state index in [-0.39, 0.29) is 31.1 Å². The summed E-state index contributed by atoms with van der Waals surface area (Å²) in [7, 11) is 0. The predicted octanol–water partition coefficient (Wildman–Crippen LogP) is 1.77. The maximum absolute atomic E-state index is 13.3. The van der Waals surface area contributed by atoms with Crippen molar-refractivity contribution in [1.82, 2.24) is 24.1 Å². The normalized spacial score (nSPS) is 14.1. The largest absolute Gasteiger partial charge is 0.416 e. The summed E-state index contributed by atoms with van der Waals surface area (Å²) in [5.74, 6) is -0.828. The van der Waals surface area contributed by atoms with E-state index in [1.54, 1.807) is 35.2 Å². The summed E-state index contributed by atoms with van der Waals surface area (Å²) in [6.07, 6.45) is -4.53. The Morgan fingerprint density at radius 1 is 0.889 bits per heavy atom. The van der Waals surface area contributed by atoms with E-state index in [1.807, 2.05) is 0 Å². The fourth-order valence-corrected chi connectivity index (χ4v) is 3.88. The molecule has 1 saturated heterocycles. The van der Waals surface area contributed by atoms with Gasteiger partial charge in [-0.1, -0.05) is 30.3 Å². The average molecular weight is 501 g/mol. The van der Waals surface area contributed by atoms with Gasteiger partial charge in [-0.3, -0.25) is 19.0 Å². The monoisotopic (exact) mass is 501 g/mol. The van der Waals surface area contributed by atoms with E-state index < -0.39 is 34.6 Å². The number of hydrogen-bond acceptors (Lipinski definition) is 5. The van der Waals surface area contributed by atoms with Crippen LogP contribution in [0, 0.1) is 0 Å². The summed E-state index contributed by atoms with van der Waals surface area (Å²) in [5.41, 5.74) is -2.59. The predicted molar refractivity (Wildman–Crippen MR) is 123 cm³/mol. The van der Waals surface area contributed by atoms with Gasteiger partial charge in [0.2, 0.25) is 11.6 Å². The molecule has 4 rings (SSSR count). The molecule has 0 N–H and O–H groups in total. The number of carbonyl (C=O) groups excluding carboxylic acids is 2. The number of piperazine rings is 1.